The van der Waals surface area contributed by atoms with Gasteiger partial charge in [-0.2, -0.15) is 0 Å². The molecule has 0 aromatic carbocycles. The van der Waals surface area contributed by atoms with Crippen LogP contribution in [-0.2, 0) is 4.74 Å². The Balaban J connectivity index is 2.56. The molecule has 78 valence electrons. The van der Waals surface area contributed by atoms with Crippen molar-refractivity contribution in [2.75, 3.05) is 12.4 Å². The monoisotopic (exact) mass is 199 g/mol. The van der Waals surface area contributed by atoms with Crippen LogP contribution in [0.3, 0.4) is 0 Å². The van der Waals surface area contributed by atoms with E-state index in [4.69, 9.17) is 4.74 Å². The van der Waals surface area contributed by atoms with Gasteiger partial charge in [-0.05, 0) is 13.8 Å². The van der Waals surface area contributed by atoms with E-state index in [1.165, 1.54) is 0 Å². The number of halogens is 1. The number of nitrogens with zero attached hydrogens (tertiary/aromatic N) is 2. The van der Waals surface area contributed by atoms with E-state index in [-0.39, 0.29) is 12.1 Å². The van der Waals surface area contributed by atoms with Gasteiger partial charge in [0.05, 0.1) is 24.5 Å². The summed E-state index contributed by atoms with van der Waals surface area (Å²) in [7, 11) is 1.63. The molecule has 1 heterocycles. The standard InChI is InChI=1S/C9H14FN3O/c1-6(7(2)14-3)13-9-11-4-8(10)5-12-9/h4-7H,1-3H3,(H,11,12,13)/t6-,7?/m1/s1. The Bertz CT molecular complexity index is 278. The molecule has 1 unspecified atom stereocenters. The number of methoxy groups -OCH3 is 1. The SMILES string of the molecule is COC(C)[C@@H](C)Nc1ncc(F)cn1. The molecular weight excluding hydrogens is 185 g/mol. The number of anilines is 1. The fraction of sp³-hybridized carbons (Fsp3) is 0.556. The lowest BCUT2D eigenvalue weighted by Gasteiger charge is -2.19. The molecule has 14 heavy (non-hydrogen) atoms. The van der Waals surface area contributed by atoms with Crippen LogP contribution in [0.2, 0.25) is 0 Å². The minimum atomic E-state index is -0.442. The van der Waals surface area contributed by atoms with Crippen LogP contribution in [0.15, 0.2) is 12.4 Å². The third kappa shape index (κ3) is 2.92. The summed E-state index contributed by atoms with van der Waals surface area (Å²) < 4.78 is 17.6. The van der Waals surface area contributed by atoms with Crippen LogP contribution in [-0.4, -0.2) is 29.2 Å². The minimum absolute atomic E-state index is 0.0450. The van der Waals surface area contributed by atoms with Gasteiger partial charge < -0.3 is 10.1 Å². The number of hydrogen-bond donors (Lipinski definition) is 1. The highest BCUT2D eigenvalue weighted by Crippen LogP contribution is 2.04. The van der Waals surface area contributed by atoms with E-state index >= 15 is 0 Å². The van der Waals surface area contributed by atoms with Crippen molar-refractivity contribution < 1.29 is 9.13 Å². The van der Waals surface area contributed by atoms with Crippen molar-refractivity contribution >= 4 is 5.95 Å². The van der Waals surface area contributed by atoms with Crippen LogP contribution in [0.25, 0.3) is 0 Å². The second-order valence-corrected chi connectivity index (χ2v) is 3.10. The van der Waals surface area contributed by atoms with Gasteiger partial charge in [-0.25, -0.2) is 14.4 Å². The van der Waals surface area contributed by atoms with Crippen molar-refractivity contribution in [2.24, 2.45) is 0 Å². The van der Waals surface area contributed by atoms with Gasteiger partial charge in [0.2, 0.25) is 5.95 Å². The molecule has 0 amide bonds. The molecule has 0 saturated carbocycles. The molecule has 0 aliphatic carbocycles. The van der Waals surface area contributed by atoms with E-state index in [2.05, 4.69) is 15.3 Å². The van der Waals surface area contributed by atoms with Crippen molar-refractivity contribution in [1.29, 1.82) is 0 Å². The summed E-state index contributed by atoms with van der Waals surface area (Å²) in [6.45, 7) is 3.88. The minimum Gasteiger partial charge on any atom is -0.380 e. The van der Waals surface area contributed by atoms with Crippen LogP contribution in [0.1, 0.15) is 13.8 Å². The Hall–Kier alpha value is -1.23. The van der Waals surface area contributed by atoms with Gasteiger partial charge in [0, 0.05) is 7.11 Å². The smallest absolute Gasteiger partial charge is 0.223 e. The van der Waals surface area contributed by atoms with Crippen LogP contribution in [0, 0.1) is 5.82 Å². The normalized spacial score (nSPS) is 14.9. The van der Waals surface area contributed by atoms with Crippen molar-refractivity contribution in [3.8, 4) is 0 Å². The predicted molar refractivity (Wildman–Crippen MR) is 51.5 cm³/mol. The average molecular weight is 199 g/mol. The zero-order chi connectivity index (χ0) is 10.6. The maximum atomic E-state index is 12.5. The topological polar surface area (TPSA) is 47.0 Å². The molecule has 2 atom stereocenters. The first kappa shape index (κ1) is 10.8. The lowest BCUT2D eigenvalue weighted by Crippen LogP contribution is -2.30. The summed E-state index contributed by atoms with van der Waals surface area (Å²) in [5.74, 6) is -0.0363. The molecule has 1 aromatic rings. The Kier molecular flexibility index (Phi) is 3.76. The Morgan fingerprint density at radius 3 is 2.43 bits per heavy atom. The van der Waals surface area contributed by atoms with E-state index in [1.54, 1.807) is 7.11 Å². The molecule has 0 spiro atoms. The van der Waals surface area contributed by atoms with Gasteiger partial charge >= 0.3 is 0 Å². The molecule has 0 radical (unpaired) electrons. The van der Waals surface area contributed by atoms with Crippen molar-refractivity contribution in [2.45, 2.75) is 26.0 Å². The van der Waals surface area contributed by atoms with Gasteiger partial charge in [0.25, 0.3) is 0 Å². The molecule has 0 aliphatic heterocycles. The Morgan fingerprint density at radius 2 is 1.93 bits per heavy atom. The molecule has 5 heteroatoms. The molecule has 4 nitrogen and oxygen atoms in total. The van der Waals surface area contributed by atoms with Gasteiger partial charge in [0.1, 0.15) is 0 Å². The van der Waals surface area contributed by atoms with E-state index in [1.807, 2.05) is 13.8 Å². The first-order chi connectivity index (χ1) is 6.63. The van der Waals surface area contributed by atoms with Gasteiger partial charge in [-0.3, -0.25) is 0 Å². The average Bonchev–Trinajstić information content (AvgIpc) is 2.20. The second kappa shape index (κ2) is 4.85. The largest absolute Gasteiger partial charge is 0.380 e. The maximum Gasteiger partial charge on any atom is 0.223 e. The number of rotatable bonds is 4. The lowest BCUT2D eigenvalue weighted by atomic mass is 10.2. The van der Waals surface area contributed by atoms with Gasteiger partial charge in [0.15, 0.2) is 5.82 Å². The molecule has 0 aliphatic rings. The van der Waals surface area contributed by atoms with E-state index in [0.29, 0.717) is 5.95 Å². The number of ether oxygens (including phenoxy) is 1. The highest BCUT2D eigenvalue weighted by atomic mass is 19.1. The molecule has 1 N–H and O–H groups in total. The summed E-state index contributed by atoms with van der Waals surface area (Å²) in [5, 5.41) is 3.01. The summed E-state index contributed by atoms with van der Waals surface area (Å²) >= 11 is 0. The van der Waals surface area contributed by atoms with E-state index < -0.39 is 5.82 Å². The van der Waals surface area contributed by atoms with Crippen LogP contribution in [0.4, 0.5) is 10.3 Å². The molecule has 1 rings (SSSR count). The molecule has 1 aromatic heterocycles. The Morgan fingerprint density at radius 1 is 1.36 bits per heavy atom. The van der Waals surface area contributed by atoms with Crippen LogP contribution in [0.5, 0.6) is 0 Å². The van der Waals surface area contributed by atoms with Crippen molar-refractivity contribution in [3.63, 3.8) is 0 Å². The lowest BCUT2D eigenvalue weighted by molar-refractivity contribution is 0.106. The number of hydrogen-bond acceptors (Lipinski definition) is 4. The quantitative estimate of drug-likeness (QED) is 0.797. The molecule has 0 saturated heterocycles. The third-order valence-corrected chi connectivity index (χ3v) is 2.05. The zero-order valence-electron chi connectivity index (χ0n) is 8.49. The number of nitrogens with one attached hydrogen (secondary N) is 1. The summed E-state index contributed by atoms with van der Waals surface area (Å²) in [6.07, 6.45) is 2.29. The van der Waals surface area contributed by atoms with Crippen molar-refractivity contribution in [3.05, 3.63) is 18.2 Å². The summed E-state index contributed by atoms with van der Waals surface area (Å²) in [6, 6.07) is 0.0745. The first-order valence-electron chi connectivity index (χ1n) is 4.40. The highest BCUT2D eigenvalue weighted by molar-refractivity contribution is 5.24. The number of aromatic nitrogens is 2. The van der Waals surface area contributed by atoms with Crippen LogP contribution < -0.4 is 5.32 Å². The Labute approximate surface area is 82.5 Å². The predicted octanol–water partition coefficient (Wildman–Crippen LogP) is 1.45. The summed E-state index contributed by atoms with van der Waals surface area (Å²) in [4.78, 5) is 7.56. The van der Waals surface area contributed by atoms with Crippen LogP contribution >= 0.6 is 0 Å². The second-order valence-electron chi connectivity index (χ2n) is 3.10. The molecule has 0 fully saturated rings. The van der Waals surface area contributed by atoms with E-state index in [9.17, 15) is 4.39 Å². The fourth-order valence-electron chi connectivity index (χ4n) is 0.912. The van der Waals surface area contributed by atoms with E-state index in [0.717, 1.165) is 12.4 Å². The third-order valence-electron chi connectivity index (χ3n) is 2.05. The maximum absolute atomic E-state index is 12.5. The van der Waals surface area contributed by atoms with Crippen molar-refractivity contribution in [1.82, 2.24) is 9.97 Å². The zero-order valence-corrected chi connectivity index (χ0v) is 8.49. The van der Waals surface area contributed by atoms with Gasteiger partial charge in [-0.1, -0.05) is 0 Å². The fourth-order valence-corrected chi connectivity index (χ4v) is 0.912. The summed E-state index contributed by atoms with van der Waals surface area (Å²) in [5.41, 5.74) is 0. The highest BCUT2D eigenvalue weighted by Gasteiger charge is 2.11. The first-order valence-corrected chi connectivity index (χ1v) is 4.40. The molecular formula is C9H14FN3O. The molecule has 0 bridgehead atoms. The van der Waals surface area contributed by atoms with Gasteiger partial charge in [-0.15, -0.1) is 0 Å².